The molecule has 0 bridgehead atoms. The molecule has 4 nitrogen and oxygen atoms in total. The Hall–Kier alpha value is -1.26. The Morgan fingerprint density at radius 2 is 2.18 bits per heavy atom. The molecular weight excluding hydrogens is 302 g/mol. The van der Waals surface area contributed by atoms with Crippen LogP contribution in [0.2, 0.25) is 5.02 Å². The Morgan fingerprint density at radius 1 is 1.41 bits per heavy atom. The second-order valence-electron chi connectivity index (χ2n) is 5.97. The summed E-state index contributed by atoms with van der Waals surface area (Å²) in [5.41, 5.74) is 0.653. The van der Waals surface area contributed by atoms with Crippen LogP contribution in [0.15, 0.2) is 18.2 Å². The number of halogens is 1. The van der Waals surface area contributed by atoms with Crippen LogP contribution < -0.4 is 9.64 Å². The van der Waals surface area contributed by atoms with Crippen LogP contribution in [-0.2, 0) is 9.53 Å². The number of benzene rings is 1. The molecule has 0 N–H and O–H groups in total. The molecule has 2 rings (SSSR count). The van der Waals surface area contributed by atoms with Gasteiger partial charge in [-0.25, -0.2) is 0 Å². The van der Waals surface area contributed by atoms with Crippen LogP contribution in [0.5, 0.6) is 5.75 Å². The first-order valence-corrected chi connectivity index (χ1v) is 8.10. The van der Waals surface area contributed by atoms with Crippen molar-refractivity contribution in [2.45, 2.75) is 38.7 Å². The maximum atomic E-state index is 12.3. The highest BCUT2D eigenvalue weighted by molar-refractivity contribution is 6.31. The van der Waals surface area contributed by atoms with Gasteiger partial charge in [0.05, 0.1) is 18.9 Å². The number of anilines is 1. The number of hydrogen-bond acceptors (Lipinski definition) is 3. The third kappa shape index (κ3) is 4.37. The maximum Gasteiger partial charge on any atom is 0.252 e. The van der Waals surface area contributed by atoms with E-state index in [4.69, 9.17) is 21.1 Å². The van der Waals surface area contributed by atoms with Crippen molar-refractivity contribution in [1.29, 1.82) is 0 Å². The Balaban J connectivity index is 1.95. The molecule has 1 amide bonds. The SMILES string of the molecule is COc1ccc(Cl)cc1N(C)C(=O)COC1CCCC(C)C1. The Labute approximate surface area is 137 Å². The number of nitrogens with zero attached hydrogens (tertiary/aromatic N) is 1. The highest BCUT2D eigenvalue weighted by Gasteiger charge is 2.22. The molecule has 0 spiro atoms. The van der Waals surface area contributed by atoms with Crippen LogP contribution in [0.3, 0.4) is 0 Å². The average Bonchev–Trinajstić information content (AvgIpc) is 2.52. The molecule has 1 fully saturated rings. The lowest BCUT2D eigenvalue weighted by atomic mass is 9.89. The van der Waals surface area contributed by atoms with E-state index in [1.54, 1.807) is 32.4 Å². The lowest BCUT2D eigenvalue weighted by Gasteiger charge is -2.27. The van der Waals surface area contributed by atoms with E-state index in [-0.39, 0.29) is 18.6 Å². The van der Waals surface area contributed by atoms with E-state index in [1.807, 2.05) is 0 Å². The second kappa shape index (κ2) is 7.84. The van der Waals surface area contributed by atoms with Crippen LogP contribution in [0.4, 0.5) is 5.69 Å². The number of likely N-dealkylation sites (N-methyl/N-ethyl adjacent to an activating group) is 1. The summed E-state index contributed by atoms with van der Waals surface area (Å²) >= 11 is 6.01. The first-order valence-electron chi connectivity index (χ1n) is 7.73. The molecule has 5 heteroatoms. The highest BCUT2D eigenvalue weighted by atomic mass is 35.5. The topological polar surface area (TPSA) is 38.8 Å². The summed E-state index contributed by atoms with van der Waals surface area (Å²) in [5.74, 6) is 1.20. The molecule has 22 heavy (non-hydrogen) atoms. The summed E-state index contributed by atoms with van der Waals surface area (Å²) in [5, 5.41) is 0.567. The van der Waals surface area contributed by atoms with Gasteiger partial charge in [-0.3, -0.25) is 4.79 Å². The minimum Gasteiger partial charge on any atom is -0.495 e. The zero-order valence-corrected chi connectivity index (χ0v) is 14.2. The van der Waals surface area contributed by atoms with Gasteiger partial charge in [0.15, 0.2) is 0 Å². The average molecular weight is 326 g/mol. The molecule has 0 heterocycles. The van der Waals surface area contributed by atoms with E-state index in [0.717, 1.165) is 12.8 Å². The molecule has 2 unspecified atom stereocenters. The largest absolute Gasteiger partial charge is 0.495 e. The summed E-state index contributed by atoms with van der Waals surface area (Å²) in [7, 11) is 3.29. The Bertz CT molecular complexity index is 521. The van der Waals surface area contributed by atoms with E-state index in [0.29, 0.717) is 22.4 Å². The van der Waals surface area contributed by atoms with Gasteiger partial charge in [0, 0.05) is 12.1 Å². The van der Waals surface area contributed by atoms with E-state index < -0.39 is 0 Å². The van der Waals surface area contributed by atoms with Gasteiger partial charge in [-0.2, -0.15) is 0 Å². The van der Waals surface area contributed by atoms with Crippen LogP contribution in [0.25, 0.3) is 0 Å². The molecule has 1 aliphatic rings. The first kappa shape index (κ1) is 17.1. The summed E-state index contributed by atoms with van der Waals surface area (Å²) in [6.07, 6.45) is 4.72. The standard InChI is InChI=1S/C17H24ClNO3/c1-12-5-4-6-14(9-12)22-11-17(20)19(2)15-10-13(18)7-8-16(15)21-3/h7-8,10,12,14H,4-6,9,11H2,1-3H3. The first-order chi connectivity index (χ1) is 10.5. The minimum atomic E-state index is -0.0983. The van der Waals surface area contributed by atoms with E-state index >= 15 is 0 Å². The molecule has 1 saturated carbocycles. The van der Waals surface area contributed by atoms with Crippen LogP contribution in [-0.4, -0.2) is 32.8 Å². The minimum absolute atomic E-state index is 0.0869. The van der Waals surface area contributed by atoms with Crippen molar-refractivity contribution in [3.8, 4) is 5.75 Å². The number of carbonyl (C=O) groups is 1. The van der Waals surface area contributed by atoms with Gasteiger partial charge in [0.25, 0.3) is 5.91 Å². The molecular formula is C17H24ClNO3. The van der Waals surface area contributed by atoms with E-state index in [9.17, 15) is 4.79 Å². The van der Waals surface area contributed by atoms with Gasteiger partial charge in [0.1, 0.15) is 12.4 Å². The summed E-state index contributed by atoms with van der Waals surface area (Å²) in [6.45, 7) is 2.32. The molecule has 2 atom stereocenters. The Kier molecular flexibility index (Phi) is 6.09. The van der Waals surface area contributed by atoms with Gasteiger partial charge in [-0.1, -0.05) is 31.4 Å². The summed E-state index contributed by atoms with van der Waals surface area (Å²) in [4.78, 5) is 13.9. The van der Waals surface area contributed by atoms with Gasteiger partial charge >= 0.3 is 0 Å². The molecule has 0 radical (unpaired) electrons. The number of amides is 1. The van der Waals surface area contributed by atoms with Crippen molar-refractivity contribution in [3.05, 3.63) is 23.2 Å². The van der Waals surface area contributed by atoms with E-state index in [1.165, 1.54) is 17.7 Å². The highest BCUT2D eigenvalue weighted by Crippen LogP contribution is 2.31. The van der Waals surface area contributed by atoms with Crippen LogP contribution in [0, 0.1) is 5.92 Å². The van der Waals surface area contributed by atoms with Gasteiger partial charge in [-0.15, -0.1) is 0 Å². The van der Waals surface area contributed by atoms with Crippen LogP contribution >= 0.6 is 11.6 Å². The smallest absolute Gasteiger partial charge is 0.252 e. The number of rotatable bonds is 5. The fraction of sp³-hybridized carbons (Fsp3) is 0.588. The third-order valence-electron chi connectivity index (χ3n) is 4.21. The lowest BCUT2D eigenvalue weighted by Crippen LogP contribution is -2.33. The summed E-state index contributed by atoms with van der Waals surface area (Å²) < 4.78 is 11.1. The van der Waals surface area contributed by atoms with E-state index in [2.05, 4.69) is 6.92 Å². The molecule has 122 valence electrons. The quantitative estimate of drug-likeness (QED) is 0.824. The zero-order chi connectivity index (χ0) is 16.1. The fourth-order valence-corrected chi connectivity index (χ4v) is 3.04. The predicted molar refractivity (Wildman–Crippen MR) is 88.8 cm³/mol. The zero-order valence-electron chi connectivity index (χ0n) is 13.5. The van der Waals surface area contributed by atoms with Gasteiger partial charge in [0.2, 0.25) is 0 Å². The third-order valence-corrected chi connectivity index (χ3v) is 4.44. The number of hydrogen-bond donors (Lipinski definition) is 0. The summed E-state index contributed by atoms with van der Waals surface area (Å²) in [6, 6.07) is 5.22. The van der Waals surface area contributed by atoms with Crippen molar-refractivity contribution >= 4 is 23.2 Å². The normalized spacial score (nSPS) is 21.5. The van der Waals surface area contributed by atoms with Crippen molar-refractivity contribution in [3.63, 3.8) is 0 Å². The maximum absolute atomic E-state index is 12.3. The van der Waals surface area contributed by atoms with Gasteiger partial charge in [-0.05, 0) is 37.0 Å². The number of carbonyl (C=O) groups excluding carboxylic acids is 1. The predicted octanol–water partition coefficient (Wildman–Crippen LogP) is 3.91. The fourth-order valence-electron chi connectivity index (χ4n) is 2.88. The molecule has 0 saturated heterocycles. The van der Waals surface area contributed by atoms with Crippen molar-refractivity contribution in [2.24, 2.45) is 5.92 Å². The van der Waals surface area contributed by atoms with Crippen LogP contribution in [0.1, 0.15) is 32.6 Å². The number of ether oxygens (including phenoxy) is 2. The van der Waals surface area contributed by atoms with Crippen molar-refractivity contribution in [2.75, 3.05) is 25.7 Å². The Morgan fingerprint density at radius 3 is 2.86 bits per heavy atom. The monoisotopic (exact) mass is 325 g/mol. The van der Waals surface area contributed by atoms with Crippen molar-refractivity contribution < 1.29 is 14.3 Å². The second-order valence-corrected chi connectivity index (χ2v) is 6.41. The number of methoxy groups -OCH3 is 1. The molecule has 1 aromatic carbocycles. The molecule has 1 aliphatic carbocycles. The molecule has 1 aromatic rings. The van der Waals surface area contributed by atoms with Gasteiger partial charge < -0.3 is 14.4 Å². The molecule has 0 aliphatic heterocycles. The molecule has 0 aromatic heterocycles. The van der Waals surface area contributed by atoms with Crippen molar-refractivity contribution in [1.82, 2.24) is 0 Å². The lowest BCUT2D eigenvalue weighted by molar-refractivity contribution is -0.125.